The van der Waals surface area contributed by atoms with Crippen molar-refractivity contribution in [3.05, 3.63) is 0 Å². The molecule has 0 fully saturated rings. The topological polar surface area (TPSA) is 527 Å². The minimum absolute atomic E-state index is 0.0767. The summed E-state index contributed by atoms with van der Waals surface area (Å²) >= 11 is 0. The standard InChI is InChI=1S/2C27H65N5O12Si2/c1-27(2,3)44-23-26(35)20-32(13-9-30-18-24(33)21-42-14-4-16-45(36,37)38)12-8-29-7-11-31(10-6-28)19-25(34)22-43-15-5-17-46(39,40)41;1-27(2,3)44-23-25(34)19-31-11-13-32(20-26(35)22-43-15-5-17-46(39,40)41)12-10-29-7-6-28-8-9-30-18-24(33)21-42-14-4-16-45(36,37)38/h24-26,29-30,33-41H,4-23,28H2,1-3H3;24-26,28-31,33-41H,4-23H2,1-3H3. The maximum absolute atomic E-state index is 10.6. The van der Waals surface area contributed by atoms with E-state index in [0.29, 0.717) is 137 Å². The third-order valence-electron chi connectivity index (χ3n) is 12.8. The third kappa shape index (κ3) is 73.7. The predicted molar refractivity (Wildman–Crippen MR) is 354 cm³/mol. The van der Waals surface area contributed by atoms with Crippen molar-refractivity contribution < 1.29 is 117 Å². The lowest BCUT2D eigenvalue weighted by molar-refractivity contribution is -0.0559. The van der Waals surface area contributed by atoms with Crippen molar-refractivity contribution in [3.8, 4) is 0 Å². The summed E-state index contributed by atoms with van der Waals surface area (Å²) in [5.41, 5.74) is 5.06. The molecular formula is C54H130N10O24Si4. The molecule has 0 bridgehead atoms. The summed E-state index contributed by atoms with van der Waals surface area (Å²) < 4.78 is 32.7. The molecule has 0 aliphatic heterocycles. The van der Waals surface area contributed by atoms with E-state index in [1.54, 1.807) is 0 Å². The molecule has 34 nitrogen and oxygen atoms in total. The summed E-state index contributed by atoms with van der Waals surface area (Å²) in [4.78, 5) is 114. The van der Waals surface area contributed by atoms with E-state index < -0.39 is 71.8 Å². The van der Waals surface area contributed by atoms with Crippen LogP contribution in [-0.2, 0) is 28.4 Å². The largest absolute Gasteiger partial charge is 0.492 e. The van der Waals surface area contributed by atoms with Gasteiger partial charge in [-0.05, 0) is 67.2 Å². The second-order valence-corrected chi connectivity index (χ2v) is 33.3. The first-order chi connectivity index (χ1) is 42.9. The summed E-state index contributed by atoms with van der Waals surface area (Å²) in [5.74, 6) is 0. The van der Waals surface area contributed by atoms with Gasteiger partial charge >= 0.3 is 35.2 Å². The van der Waals surface area contributed by atoms with Gasteiger partial charge in [-0.2, -0.15) is 0 Å². The molecule has 6 unspecified atom stereocenters. The van der Waals surface area contributed by atoms with Crippen LogP contribution in [0.4, 0.5) is 0 Å². The molecule has 0 aliphatic carbocycles. The van der Waals surface area contributed by atoms with Crippen LogP contribution in [0.5, 0.6) is 0 Å². The van der Waals surface area contributed by atoms with E-state index in [9.17, 15) is 30.6 Å². The van der Waals surface area contributed by atoms with E-state index in [1.165, 1.54) is 0 Å². The second-order valence-electron chi connectivity index (χ2n) is 25.1. The van der Waals surface area contributed by atoms with Gasteiger partial charge in [0.25, 0.3) is 0 Å². The van der Waals surface area contributed by atoms with Gasteiger partial charge in [-0.15, -0.1) is 0 Å². The van der Waals surface area contributed by atoms with Crippen LogP contribution in [0, 0.1) is 0 Å². The number of nitrogens with zero attached hydrogens (tertiary/aromatic N) is 3. The molecule has 6 atom stereocenters. The highest BCUT2D eigenvalue weighted by Gasteiger charge is 2.28. The Hall–Kier alpha value is -0.492. The van der Waals surface area contributed by atoms with Gasteiger partial charge in [-0.3, -0.25) is 14.7 Å². The Bertz CT molecular complexity index is 1660. The minimum Gasteiger partial charge on any atom is -0.390 e. The molecule has 0 aliphatic rings. The molecule has 0 spiro atoms. The van der Waals surface area contributed by atoms with E-state index in [-0.39, 0.29) is 121 Å². The Kier molecular flexibility index (Phi) is 56.2. The zero-order valence-electron chi connectivity index (χ0n) is 56.2. The average Bonchev–Trinajstić information content (AvgIpc) is 3.43. The van der Waals surface area contributed by atoms with Crippen LogP contribution in [0.3, 0.4) is 0 Å². The number of aliphatic hydroxyl groups excluding tert-OH is 6. The number of hydrogen-bond acceptors (Lipinski definition) is 34. The molecule has 0 aromatic rings. The fourth-order valence-electron chi connectivity index (χ4n) is 8.23. The van der Waals surface area contributed by atoms with Crippen LogP contribution in [0.25, 0.3) is 0 Å². The molecule has 556 valence electrons. The summed E-state index contributed by atoms with van der Waals surface area (Å²) in [5, 5.41) is 81.2. The molecule has 0 aromatic carbocycles. The molecule has 0 aromatic heterocycles. The van der Waals surface area contributed by atoms with Gasteiger partial charge in [0, 0.05) is 195 Å². The lowest BCUT2D eigenvalue weighted by Gasteiger charge is -2.28. The van der Waals surface area contributed by atoms with Gasteiger partial charge < -0.3 is 154 Å². The number of rotatable bonds is 63. The Morgan fingerprint density at radius 2 is 0.554 bits per heavy atom. The molecular weight excluding hydrogens is 1280 g/mol. The summed E-state index contributed by atoms with van der Waals surface area (Å²) in [7, 11) is -16.2. The van der Waals surface area contributed by atoms with Crippen molar-refractivity contribution in [3.63, 3.8) is 0 Å². The first-order valence-electron chi connectivity index (χ1n) is 32.3. The van der Waals surface area contributed by atoms with E-state index in [0.717, 1.165) is 13.1 Å². The van der Waals surface area contributed by atoms with Crippen molar-refractivity contribution in [2.24, 2.45) is 5.73 Å². The summed E-state index contributed by atoms with van der Waals surface area (Å²) in [6, 6.07) is -0.429. The van der Waals surface area contributed by atoms with Gasteiger partial charge in [-0.1, -0.05) is 0 Å². The minimum atomic E-state index is -4.08. The first kappa shape index (κ1) is 93.6. The van der Waals surface area contributed by atoms with E-state index >= 15 is 0 Å². The van der Waals surface area contributed by atoms with Gasteiger partial charge in [0.2, 0.25) is 0 Å². The number of nitrogens with two attached hydrogens (primary N) is 1. The highest BCUT2D eigenvalue weighted by atomic mass is 28.4. The Labute approximate surface area is 551 Å². The SMILES string of the molecule is CC(C)(C)OCC(O)CN(CCNCCN(CCN)CC(O)COCCC[Si](O)(O)O)CCNCC(O)COCCC[Si](O)(O)O.CC(C)(C)OCC(O)CNCCN(CCNCCNCCNCC(O)COCCC[Si](O)(O)O)CC(O)COCCC[Si](O)(O)O. The maximum atomic E-state index is 10.6. The molecule has 0 radical (unpaired) electrons. The molecule has 0 rings (SSSR count). The molecule has 0 heterocycles. The number of ether oxygens (including phenoxy) is 6. The summed E-state index contributed by atoms with van der Waals surface area (Å²) in [6.07, 6.45) is -3.07. The van der Waals surface area contributed by atoms with Crippen LogP contribution in [0.1, 0.15) is 67.2 Å². The quantitative estimate of drug-likeness (QED) is 0.0199. The predicted octanol–water partition coefficient (Wildman–Crippen LogP) is -9.54. The lowest BCUT2D eigenvalue weighted by Crippen LogP contribution is -2.45. The molecule has 26 N–H and O–H groups in total. The van der Waals surface area contributed by atoms with Gasteiger partial charge in [0.1, 0.15) is 0 Å². The Morgan fingerprint density at radius 1 is 0.326 bits per heavy atom. The Balaban J connectivity index is 0. The third-order valence-corrected chi connectivity index (χ3v) is 16.9. The molecule has 0 amide bonds. The van der Waals surface area contributed by atoms with Crippen molar-refractivity contribution in [2.45, 2.75) is 139 Å². The van der Waals surface area contributed by atoms with Crippen LogP contribution in [0.2, 0.25) is 24.2 Å². The lowest BCUT2D eigenvalue weighted by atomic mass is 10.2. The highest BCUT2D eigenvalue weighted by molar-refractivity contribution is 6.57. The van der Waals surface area contributed by atoms with E-state index in [2.05, 4.69) is 41.7 Å². The van der Waals surface area contributed by atoms with Crippen LogP contribution in [-0.4, -0.2) is 396 Å². The normalized spacial score (nSPS) is 15.1. The van der Waals surface area contributed by atoms with Crippen LogP contribution >= 0.6 is 0 Å². The average molecular weight is 1420 g/mol. The van der Waals surface area contributed by atoms with Crippen molar-refractivity contribution >= 4 is 35.2 Å². The van der Waals surface area contributed by atoms with Gasteiger partial charge in [0.15, 0.2) is 0 Å². The fraction of sp³-hybridized carbons (Fsp3) is 1.00. The van der Waals surface area contributed by atoms with Crippen LogP contribution < -0.4 is 37.6 Å². The number of nitrogens with one attached hydrogen (secondary N) is 6. The van der Waals surface area contributed by atoms with Crippen molar-refractivity contribution in [2.75, 3.05) is 210 Å². The smallest absolute Gasteiger partial charge is 0.390 e. The molecule has 0 saturated heterocycles. The zero-order chi connectivity index (χ0) is 70.0. The molecule has 0 saturated carbocycles. The van der Waals surface area contributed by atoms with Gasteiger partial charge in [0.05, 0.1) is 87.5 Å². The van der Waals surface area contributed by atoms with Crippen molar-refractivity contribution in [1.29, 1.82) is 0 Å². The highest BCUT2D eigenvalue weighted by Crippen LogP contribution is 2.10. The first-order valence-corrected chi connectivity index (χ1v) is 40.5. The van der Waals surface area contributed by atoms with Gasteiger partial charge in [-0.25, -0.2) is 0 Å². The number of aliphatic hydroxyl groups is 6. The molecule has 38 heteroatoms. The maximum Gasteiger partial charge on any atom is 0.492 e. The van der Waals surface area contributed by atoms with E-state index in [1.807, 2.05) is 46.4 Å². The zero-order valence-corrected chi connectivity index (χ0v) is 60.2. The second kappa shape index (κ2) is 55.3. The van der Waals surface area contributed by atoms with E-state index in [4.69, 9.17) is 91.7 Å². The van der Waals surface area contributed by atoms with Crippen molar-refractivity contribution in [1.82, 2.24) is 46.6 Å². The fourth-order valence-corrected chi connectivity index (χ4v) is 10.7. The molecule has 92 heavy (non-hydrogen) atoms. The number of hydrogen-bond donors (Lipinski definition) is 25. The van der Waals surface area contributed by atoms with Crippen LogP contribution in [0.15, 0.2) is 0 Å². The monoisotopic (exact) mass is 1410 g/mol. The summed E-state index contributed by atoms with van der Waals surface area (Å²) in [6.45, 7) is 25.7. The Morgan fingerprint density at radius 3 is 0.859 bits per heavy atom.